The van der Waals surface area contributed by atoms with Crippen molar-refractivity contribution in [3.05, 3.63) is 70.1 Å². The van der Waals surface area contributed by atoms with Gasteiger partial charge in [0.1, 0.15) is 5.84 Å². The molecule has 0 bridgehead atoms. The van der Waals surface area contributed by atoms with Gasteiger partial charge in [-0.1, -0.05) is 45.0 Å². The summed E-state index contributed by atoms with van der Waals surface area (Å²) < 4.78 is 0. The highest BCUT2D eigenvalue weighted by atomic mass is 32.2. The number of carboxylic acid groups (broad SMARTS) is 1. The molecule has 2 aromatic rings. The van der Waals surface area contributed by atoms with Crippen LogP contribution < -0.4 is 5.32 Å². The number of benzene rings is 2. The van der Waals surface area contributed by atoms with E-state index in [1.807, 2.05) is 18.2 Å². The number of carbonyl (C=O) groups excluding carboxylic acids is 1. The number of rotatable bonds is 3. The van der Waals surface area contributed by atoms with Crippen molar-refractivity contribution < 1.29 is 14.7 Å². The van der Waals surface area contributed by atoms with E-state index in [1.165, 1.54) is 17.7 Å². The van der Waals surface area contributed by atoms with E-state index in [-0.39, 0.29) is 16.2 Å². The average molecular weight is 380 g/mol. The zero-order valence-electron chi connectivity index (χ0n) is 15.3. The minimum atomic E-state index is -0.988. The molecule has 0 atom stereocenters. The zero-order valence-corrected chi connectivity index (χ0v) is 16.1. The van der Waals surface area contributed by atoms with Crippen molar-refractivity contribution in [2.24, 2.45) is 4.99 Å². The Morgan fingerprint density at radius 3 is 2.26 bits per heavy atom. The summed E-state index contributed by atoms with van der Waals surface area (Å²) in [5.41, 5.74) is 3.08. The topological polar surface area (TPSA) is 78.8 Å². The third-order valence-corrected chi connectivity index (χ3v) is 4.90. The Kier molecular flexibility index (Phi) is 5.19. The molecule has 5 nitrogen and oxygen atoms in total. The number of nitrogens with one attached hydrogen (secondary N) is 1. The molecule has 6 heteroatoms. The first kappa shape index (κ1) is 18.9. The van der Waals surface area contributed by atoms with E-state index in [0.29, 0.717) is 11.5 Å². The summed E-state index contributed by atoms with van der Waals surface area (Å²) in [5.74, 6) is -0.522. The predicted octanol–water partition coefficient (Wildman–Crippen LogP) is 5.21. The fraction of sp³-hybridized carbons (Fsp3) is 0.190. The second kappa shape index (κ2) is 7.40. The highest BCUT2D eigenvalue weighted by molar-refractivity contribution is 8.18. The number of aromatic carboxylic acids is 1. The number of aliphatic imine (C=N–C) groups is 1. The first-order chi connectivity index (χ1) is 12.7. The number of amidine groups is 1. The smallest absolute Gasteiger partial charge is 0.335 e. The molecular weight excluding hydrogens is 360 g/mol. The Bertz CT molecular complexity index is 937. The van der Waals surface area contributed by atoms with E-state index in [1.54, 1.807) is 12.1 Å². The molecule has 0 aliphatic carbocycles. The van der Waals surface area contributed by atoms with Gasteiger partial charge in [0.25, 0.3) is 5.24 Å². The molecule has 0 spiro atoms. The van der Waals surface area contributed by atoms with Crippen molar-refractivity contribution in [3.8, 4) is 0 Å². The van der Waals surface area contributed by atoms with Crippen molar-refractivity contribution in [1.82, 2.24) is 5.32 Å². The van der Waals surface area contributed by atoms with Crippen LogP contribution in [0.4, 0.5) is 10.5 Å². The van der Waals surface area contributed by atoms with Gasteiger partial charge in [-0.15, -0.1) is 0 Å². The third-order valence-electron chi connectivity index (χ3n) is 4.09. The minimum Gasteiger partial charge on any atom is -0.478 e. The van der Waals surface area contributed by atoms with E-state index in [0.717, 1.165) is 22.2 Å². The van der Waals surface area contributed by atoms with Gasteiger partial charge in [-0.05, 0) is 58.6 Å². The number of carbonyl (C=O) groups is 2. The van der Waals surface area contributed by atoms with E-state index < -0.39 is 5.97 Å². The summed E-state index contributed by atoms with van der Waals surface area (Å²) in [4.78, 5) is 27.9. The van der Waals surface area contributed by atoms with Crippen LogP contribution in [0.15, 0.2) is 58.4 Å². The Morgan fingerprint density at radius 1 is 1.07 bits per heavy atom. The molecule has 138 valence electrons. The van der Waals surface area contributed by atoms with Crippen molar-refractivity contribution in [3.63, 3.8) is 0 Å². The van der Waals surface area contributed by atoms with Gasteiger partial charge in [0.15, 0.2) is 0 Å². The molecule has 27 heavy (non-hydrogen) atoms. The Balaban J connectivity index is 1.88. The van der Waals surface area contributed by atoms with E-state index >= 15 is 0 Å². The first-order valence-corrected chi connectivity index (χ1v) is 9.27. The maximum Gasteiger partial charge on any atom is 0.335 e. The van der Waals surface area contributed by atoms with Crippen LogP contribution in [-0.2, 0) is 5.41 Å². The normalized spacial score (nSPS) is 17.4. The number of thioether (sulfide) groups is 1. The number of amides is 1. The molecule has 2 N–H and O–H groups in total. The monoisotopic (exact) mass is 380 g/mol. The molecule has 0 saturated carbocycles. The molecule has 2 aromatic carbocycles. The molecular formula is C21H20N2O3S. The molecule has 0 radical (unpaired) electrons. The zero-order chi connectivity index (χ0) is 19.6. The van der Waals surface area contributed by atoms with E-state index in [2.05, 4.69) is 43.2 Å². The van der Waals surface area contributed by atoms with Crippen LogP contribution in [0.3, 0.4) is 0 Å². The van der Waals surface area contributed by atoms with Gasteiger partial charge in [-0.25, -0.2) is 9.79 Å². The van der Waals surface area contributed by atoms with Crippen molar-refractivity contribution in [2.75, 3.05) is 0 Å². The molecule has 0 aromatic heterocycles. The summed E-state index contributed by atoms with van der Waals surface area (Å²) in [7, 11) is 0. The van der Waals surface area contributed by atoms with Crippen LogP contribution in [0.2, 0.25) is 0 Å². The quantitative estimate of drug-likeness (QED) is 0.766. The molecule has 1 aliphatic rings. The molecule has 1 aliphatic heterocycles. The van der Waals surface area contributed by atoms with Crippen molar-refractivity contribution in [2.45, 2.75) is 26.2 Å². The SMILES string of the molecule is CC(C)(C)c1ccc(/C=C2\SC(=O)NC2=Nc2ccc(C(=O)O)cc2)cc1. The summed E-state index contributed by atoms with van der Waals surface area (Å²) in [6.07, 6.45) is 1.92. The summed E-state index contributed by atoms with van der Waals surface area (Å²) in [6.45, 7) is 6.49. The molecule has 1 heterocycles. The van der Waals surface area contributed by atoms with Crippen LogP contribution in [-0.4, -0.2) is 22.2 Å². The number of nitrogens with zero attached hydrogens (tertiary/aromatic N) is 1. The van der Waals surface area contributed by atoms with Crippen molar-refractivity contribution in [1.29, 1.82) is 0 Å². The van der Waals surface area contributed by atoms with Crippen LogP contribution in [0, 0.1) is 0 Å². The molecule has 3 rings (SSSR count). The first-order valence-electron chi connectivity index (χ1n) is 8.46. The third kappa shape index (κ3) is 4.65. The van der Waals surface area contributed by atoms with Gasteiger partial charge in [-0.3, -0.25) is 4.79 Å². The van der Waals surface area contributed by atoms with E-state index in [4.69, 9.17) is 5.11 Å². The molecule has 0 unspecified atom stereocenters. The van der Waals surface area contributed by atoms with Gasteiger partial charge in [0, 0.05) is 0 Å². The fourth-order valence-electron chi connectivity index (χ4n) is 2.55. The molecule has 1 amide bonds. The van der Waals surface area contributed by atoms with Gasteiger partial charge in [-0.2, -0.15) is 0 Å². The fourth-order valence-corrected chi connectivity index (χ4v) is 3.29. The lowest BCUT2D eigenvalue weighted by atomic mass is 9.87. The number of hydrogen-bond acceptors (Lipinski definition) is 4. The second-order valence-electron chi connectivity index (χ2n) is 7.21. The van der Waals surface area contributed by atoms with Gasteiger partial charge >= 0.3 is 5.97 Å². The maximum absolute atomic E-state index is 11.8. The molecule has 1 fully saturated rings. The van der Waals surface area contributed by atoms with Crippen LogP contribution in [0.5, 0.6) is 0 Å². The van der Waals surface area contributed by atoms with Crippen molar-refractivity contribution >= 4 is 40.6 Å². The van der Waals surface area contributed by atoms with Gasteiger partial charge < -0.3 is 10.4 Å². The maximum atomic E-state index is 11.8. The number of carboxylic acids is 1. The second-order valence-corrected chi connectivity index (χ2v) is 8.22. The van der Waals surface area contributed by atoms with E-state index in [9.17, 15) is 9.59 Å². The summed E-state index contributed by atoms with van der Waals surface area (Å²) in [6, 6.07) is 14.4. The summed E-state index contributed by atoms with van der Waals surface area (Å²) >= 11 is 1.09. The van der Waals surface area contributed by atoms with Crippen LogP contribution in [0.25, 0.3) is 6.08 Å². The highest BCUT2D eigenvalue weighted by Gasteiger charge is 2.23. The lowest BCUT2D eigenvalue weighted by molar-refractivity contribution is 0.0697. The lowest BCUT2D eigenvalue weighted by Gasteiger charge is -2.18. The van der Waals surface area contributed by atoms with Gasteiger partial charge in [0.2, 0.25) is 0 Å². The van der Waals surface area contributed by atoms with Crippen LogP contribution >= 0.6 is 11.8 Å². The standard InChI is InChI=1S/C21H20N2O3S/c1-21(2,3)15-8-4-13(5-9-15)12-17-18(23-20(26)27-17)22-16-10-6-14(7-11-16)19(24)25/h4-12H,1-3H3,(H,24,25)(H,22,23,26)/b17-12-. The average Bonchev–Trinajstić information content (AvgIpc) is 2.94. The Labute approximate surface area is 162 Å². The summed E-state index contributed by atoms with van der Waals surface area (Å²) in [5, 5.41) is 11.5. The Hall–Kier alpha value is -2.86. The van der Waals surface area contributed by atoms with Gasteiger partial charge in [0.05, 0.1) is 16.2 Å². The lowest BCUT2D eigenvalue weighted by Crippen LogP contribution is -2.18. The Morgan fingerprint density at radius 2 is 1.70 bits per heavy atom. The minimum absolute atomic E-state index is 0.0834. The highest BCUT2D eigenvalue weighted by Crippen LogP contribution is 2.29. The number of hydrogen-bond donors (Lipinski definition) is 2. The van der Waals surface area contributed by atoms with Crippen LogP contribution in [0.1, 0.15) is 42.3 Å². The molecule has 1 saturated heterocycles. The predicted molar refractivity (Wildman–Crippen MR) is 110 cm³/mol. The largest absolute Gasteiger partial charge is 0.478 e.